The average Bonchev–Trinajstić information content (AvgIpc) is 3.16. The van der Waals surface area contributed by atoms with E-state index < -0.39 is 0 Å². The molecule has 0 saturated carbocycles. The van der Waals surface area contributed by atoms with Crippen molar-refractivity contribution in [3.63, 3.8) is 0 Å². The minimum absolute atomic E-state index is 0.0152. The number of benzene rings is 1. The molecule has 3 rings (SSSR count). The molecule has 0 aliphatic carbocycles. The Bertz CT molecular complexity index is 935. The number of likely N-dealkylation sites (N-methyl/N-ethyl adjacent to an activating group) is 1. The standard InChI is InChI=1S/C21H24N4O2/c1-15-9-10-22-18(11-15)12-16(2)24(3)21(26)17-13-23-25(14-17)19-7-5-6-8-20(19)27-4/h5-11,13-14,16H,12H2,1-4H3/t16-/m0/s1. The van der Waals surface area contributed by atoms with E-state index in [2.05, 4.69) is 16.1 Å². The molecule has 0 aliphatic heterocycles. The molecule has 0 saturated heterocycles. The molecule has 27 heavy (non-hydrogen) atoms. The van der Waals surface area contributed by atoms with E-state index in [0.29, 0.717) is 17.7 Å². The van der Waals surface area contributed by atoms with Crippen LogP contribution in [0, 0.1) is 6.92 Å². The lowest BCUT2D eigenvalue weighted by molar-refractivity contribution is 0.0743. The van der Waals surface area contributed by atoms with E-state index in [9.17, 15) is 4.79 Å². The van der Waals surface area contributed by atoms with E-state index >= 15 is 0 Å². The van der Waals surface area contributed by atoms with Crippen LogP contribution >= 0.6 is 0 Å². The van der Waals surface area contributed by atoms with Crippen molar-refractivity contribution in [1.82, 2.24) is 19.7 Å². The summed E-state index contributed by atoms with van der Waals surface area (Å²) in [6.45, 7) is 4.06. The molecule has 6 nitrogen and oxygen atoms in total. The third kappa shape index (κ3) is 4.16. The largest absolute Gasteiger partial charge is 0.494 e. The highest BCUT2D eigenvalue weighted by Gasteiger charge is 2.20. The highest BCUT2D eigenvalue weighted by molar-refractivity contribution is 5.93. The zero-order valence-electron chi connectivity index (χ0n) is 16.1. The molecule has 0 unspecified atom stereocenters. The Morgan fingerprint density at radius 2 is 2.07 bits per heavy atom. The van der Waals surface area contributed by atoms with Gasteiger partial charge in [-0.25, -0.2) is 4.68 Å². The van der Waals surface area contributed by atoms with Gasteiger partial charge in [-0.05, 0) is 43.7 Å². The van der Waals surface area contributed by atoms with E-state index in [0.717, 1.165) is 11.4 Å². The first-order valence-electron chi connectivity index (χ1n) is 8.86. The van der Waals surface area contributed by atoms with Crippen molar-refractivity contribution in [2.75, 3.05) is 14.2 Å². The van der Waals surface area contributed by atoms with Gasteiger partial charge < -0.3 is 9.64 Å². The topological polar surface area (TPSA) is 60.2 Å². The molecule has 0 aliphatic rings. The van der Waals surface area contributed by atoms with Gasteiger partial charge in [0.25, 0.3) is 5.91 Å². The molecule has 1 aromatic carbocycles. The fraction of sp³-hybridized carbons (Fsp3) is 0.286. The van der Waals surface area contributed by atoms with Crippen molar-refractivity contribution in [3.8, 4) is 11.4 Å². The van der Waals surface area contributed by atoms with Crippen LogP contribution in [0.3, 0.4) is 0 Å². The lowest BCUT2D eigenvalue weighted by atomic mass is 10.1. The van der Waals surface area contributed by atoms with Crippen molar-refractivity contribution in [2.45, 2.75) is 26.3 Å². The zero-order chi connectivity index (χ0) is 19.4. The molecular formula is C21H24N4O2. The monoisotopic (exact) mass is 364 g/mol. The maximum absolute atomic E-state index is 12.9. The number of aromatic nitrogens is 3. The Hall–Kier alpha value is -3.15. The number of hydrogen-bond donors (Lipinski definition) is 0. The predicted octanol–water partition coefficient (Wildman–Crippen LogP) is 3.29. The molecule has 2 aromatic heterocycles. The van der Waals surface area contributed by atoms with Crippen LogP contribution in [-0.4, -0.2) is 45.8 Å². The first kappa shape index (κ1) is 18.6. The van der Waals surface area contributed by atoms with Gasteiger partial charge in [-0.1, -0.05) is 12.1 Å². The average molecular weight is 364 g/mol. The SMILES string of the molecule is COc1ccccc1-n1cc(C(=O)N(C)[C@@H](C)Cc2cc(C)ccn2)cn1. The van der Waals surface area contributed by atoms with Gasteiger partial charge in [0, 0.05) is 37.6 Å². The van der Waals surface area contributed by atoms with Crippen LogP contribution in [0.25, 0.3) is 5.69 Å². The summed E-state index contributed by atoms with van der Waals surface area (Å²) in [5.74, 6) is 0.628. The van der Waals surface area contributed by atoms with Gasteiger partial charge in [0.05, 0.1) is 18.9 Å². The van der Waals surface area contributed by atoms with Crippen LogP contribution in [0.4, 0.5) is 0 Å². The quantitative estimate of drug-likeness (QED) is 0.673. The van der Waals surface area contributed by atoms with E-state index in [-0.39, 0.29) is 11.9 Å². The molecule has 0 fully saturated rings. The number of methoxy groups -OCH3 is 1. The summed E-state index contributed by atoms with van der Waals surface area (Å²) in [5, 5.41) is 4.33. The van der Waals surface area contributed by atoms with Gasteiger partial charge in [0.2, 0.25) is 0 Å². The van der Waals surface area contributed by atoms with Gasteiger partial charge in [-0.15, -0.1) is 0 Å². The van der Waals surface area contributed by atoms with Gasteiger partial charge in [0.15, 0.2) is 0 Å². The van der Waals surface area contributed by atoms with E-state index in [1.807, 2.05) is 51.2 Å². The van der Waals surface area contributed by atoms with Crippen LogP contribution in [0.1, 0.15) is 28.5 Å². The zero-order valence-corrected chi connectivity index (χ0v) is 16.1. The second kappa shape index (κ2) is 8.03. The van der Waals surface area contributed by atoms with Crippen LogP contribution in [0.5, 0.6) is 5.75 Å². The number of ether oxygens (including phenoxy) is 1. The third-order valence-electron chi connectivity index (χ3n) is 4.62. The predicted molar refractivity (Wildman–Crippen MR) is 104 cm³/mol. The van der Waals surface area contributed by atoms with Crippen LogP contribution in [0.2, 0.25) is 0 Å². The summed E-state index contributed by atoms with van der Waals surface area (Å²) in [6, 6.07) is 11.6. The summed E-state index contributed by atoms with van der Waals surface area (Å²) in [4.78, 5) is 19.0. The molecule has 3 aromatic rings. The Morgan fingerprint density at radius 1 is 1.30 bits per heavy atom. The van der Waals surface area contributed by atoms with Crippen molar-refractivity contribution in [1.29, 1.82) is 0 Å². The molecule has 1 atom stereocenters. The lowest BCUT2D eigenvalue weighted by Crippen LogP contribution is -2.36. The first-order chi connectivity index (χ1) is 13.0. The second-order valence-corrected chi connectivity index (χ2v) is 6.64. The first-order valence-corrected chi connectivity index (χ1v) is 8.86. The van der Waals surface area contributed by atoms with Crippen molar-refractivity contribution >= 4 is 5.91 Å². The van der Waals surface area contributed by atoms with Gasteiger partial charge in [0.1, 0.15) is 11.4 Å². The van der Waals surface area contributed by atoms with Gasteiger partial charge in [-0.2, -0.15) is 5.10 Å². The number of para-hydroxylation sites is 2. The number of pyridine rings is 1. The van der Waals surface area contributed by atoms with Gasteiger partial charge >= 0.3 is 0 Å². The van der Waals surface area contributed by atoms with Crippen molar-refractivity contribution in [2.24, 2.45) is 0 Å². The van der Waals surface area contributed by atoms with E-state index in [4.69, 9.17) is 4.74 Å². The maximum Gasteiger partial charge on any atom is 0.257 e. The summed E-state index contributed by atoms with van der Waals surface area (Å²) >= 11 is 0. The van der Waals surface area contributed by atoms with Gasteiger partial charge in [-0.3, -0.25) is 9.78 Å². The van der Waals surface area contributed by atoms with Crippen molar-refractivity contribution < 1.29 is 9.53 Å². The molecule has 0 bridgehead atoms. The maximum atomic E-state index is 12.9. The summed E-state index contributed by atoms with van der Waals surface area (Å²) in [5.41, 5.74) is 3.47. The fourth-order valence-electron chi connectivity index (χ4n) is 2.94. The number of carbonyl (C=O) groups is 1. The second-order valence-electron chi connectivity index (χ2n) is 6.64. The number of nitrogens with zero attached hydrogens (tertiary/aromatic N) is 4. The Kier molecular flexibility index (Phi) is 5.54. The summed E-state index contributed by atoms with van der Waals surface area (Å²) in [7, 11) is 3.42. The molecule has 140 valence electrons. The van der Waals surface area contributed by atoms with Crippen LogP contribution in [0.15, 0.2) is 55.0 Å². The Morgan fingerprint density at radius 3 is 2.81 bits per heavy atom. The van der Waals surface area contributed by atoms with Crippen LogP contribution < -0.4 is 4.74 Å². The number of carbonyl (C=O) groups excluding carboxylic acids is 1. The molecule has 0 N–H and O–H groups in total. The molecule has 1 amide bonds. The molecule has 0 radical (unpaired) electrons. The summed E-state index contributed by atoms with van der Waals surface area (Å²) < 4.78 is 7.03. The Balaban J connectivity index is 1.74. The van der Waals surface area contributed by atoms with Crippen LogP contribution in [-0.2, 0) is 6.42 Å². The Labute approximate surface area is 159 Å². The van der Waals surface area contributed by atoms with Crippen molar-refractivity contribution in [3.05, 3.63) is 71.8 Å². The van der Waals surface area contributed by atoms with E-state index in [1.54, 1.807) is 35.3 Å². The molecule has 2 heterocycles. The smallest absolute Gasteiger partial charge is 0.257 e. The number of rotatable bonds is 6. The summed E-state index contributed by atoms with van der Waals surface area (Å²) in [6.07, 6.45) is 5.82. The molecular weight excluding hydrogens is 340 g/mol. The normalized spacial score (nSPS) is 11.9. The fourth-order valence-corrected chi connectivity index (χ4v) is 2.94. The number of hydrogen-bond acceptors (Lipinski definition) is 4. The number of amides is 1. The number of aryl methyl sites for hydroxylation is 1. The highest BCUT2D eigenvalue weighted by atomic mass is 16.5. The lowest BCUT2D eigenvalue weighted by Gasteiger charge is -2.24. The molecule has 0 spiro atoms. The van der Waals surface area contributed by atoms with E-state index in [1.165, 1.54) is 5.56 Å². The third-order valence-corrected chi connectivity index (χ3v) is 4.62. The highest BCUT2D eigenvalue weighted by Crippen LogP contribution is 2.22. The minimum atomic E-state index is -0.0729. The minimum Gasteiger partial charge on any atom is -0.494 e. The molecule has 6 heteroatoms.